The molecule has 0 amide bonds. The summed E-state index contributed by atoms with van der Waals surface area (Å²) in [6, 6.07) is 0. The van der Waals surface area contributed by atoms with Gasteiger partial charge in [-0.15, -0.1) is 10.2 Å². The third kappa shape index (κ3) is 35.6. The summed E-state index contributed by atoms with van der Waals surface area (Å²) in [5.74, 6) is 1.35. The molecule has 10 nitrogen and oxygen atoms in total. The van der Waals surface area contributed by atoms with E-state index in [1.165, 1.54) is 135 Å². The zero-order valence-electron chi connectivity index (χ0n) is 40.7. The number of nitrogens with zero attached hydrogens (tertiary/aromatic N) is 4. The second-order valence-electron chi connectivity index (χ2n) is 17.9. The van der Waals surface area contributed by atoms with E-state index < -0.39 is 0 Å². The van der Waals surface area contributed by atoms with Gasteiger partial charge >= 0.3 is 11.9 Å². The zero-order chi connectivity index (χ0) is 44.3. The lowest BCUT2D eigenvalue weighted by Crippen LogP contribution is -2.28. The molecule has 1 heterocycles. The van der Waals surface area contributed by atoms with Gasteiger partial charge in [-0.25, -0.2) is 0 Å². The molecule has 0 saturated carbocycles. The number of aromatic nitrogens is 3. The minimum atomic E-state index is -0.0103. The molecule has 0 radical (unpaired) electrons. The Kier molecular flexibility index (Phi) is 39.7. The first-order chi connectivity index (χ1) is 29.9. The summed E-state index contributed by atoms with van der Waals surface area (Å²) in [4.78, 5) is 35.2. The van der Waals surface area contributed by atoms with E-state index in [2.05, 4.69) is 58.1 Å². The molecule has 0 aromatic carbocycles. The maximum atomic E-state index is 12.9. The number of hydrogen-bond donors (Lipinski definition) is 2. The lowest BCUT2D eigenvalue weighted by molar-refractivity contribution is -0.150. The largest absolute Gasteiger partial charge is 0.462 e. The van der Waals surface area contributed by atoms with Gasteiger partial charge in [-0.2, -0.15) is 0 Å². The van der Waals surface area contributed by atoms with Crippen LogP contribution in [0.1, 0.15) is 258 Å². The third-order valence-electron chi connectivity index (χ3n) is 12.1. The summed E-state index contributed by atoms with van der Waals surface area (Å²) < 4.78 is 11.9. The van der Waals surface area contributed by atoms with Crippen molar-refractivity contribution in [2.24, 2.45) is 4.99 Å². The number of esters is 2. The first kappa shape index (κ1) is 56.5. The fourth-order valence-electron chi connectivity index (χ4n) is 8.21. The molecule has 0 aliphatic heterocycles. The molecule has 0 aliphatic carbocycles. The Hall–Kier alpha value is -2.49. The molecule has 1 unspecified atom stereocenters. The van der Waals surface area contributed by atoms with Crippen LogP contribution in [0.25, 0.3) is 0 Å². The van der Waals surface area contributed by atoms with Crippen molar-refractivity contribution in [2.75, 3.05) is 38.5 Å². The first-order valence-corrected chi connectivity index (χ1v) is 26.1. The maximum Gasteiger partial charge on any atom is 0.306 e. The fraction of sp³-hybridized carbons (Fsp3) is 0.902. The normalized spacial score (nSPS) is 12.2. The second kappa shape index (κ2) is 42.8. The number of anilines is 1. The highest BCUT2D eigenvalue weighted by Crippen LogP contribution is 2.19. The van der Waals surface area contributed by atoms with E-state index in [1.807, 2.05) is 0 Å². The fourth-order valence-corrected chi connectivity index (χ4v) is 8.21. The number of carbonyl (C=O) groups excluding carboxylic acids is 2. The highest BCUT2D eigenvalue weighted by Gasteiger charge is 2.15. The van der Waals surface area contributed by atoms with Crippen molar-refractivity contribution in [1.82, 2.24) is 20.1 Å². The SMILES string of the molecule is CCCCCCCCC(CC)OC(=O)CCCCCCCN(CCCCCCCC(=O)OC(CCCCCCCC)CCCCCCCC)CCCNc1nnc(C=NC)[nH]1. The van der Waals surface area contributed by atoms with Gasteiger partial charge in [-0.3, -0.25) is 14.6 Å². The number of nitrogens with one attached hydrogen (secondary N) is 2. The van der Waals surface area contributed by atoms with Crippen molar-refractivity contribution >= 4 is 24.1 Å². The monoisotopic (exact) mass is 859 g/mol. The molecular weight excluding hydrogens is 761 g/mol. The highest BCUT2D eigenvalue weighted by atomic mass is 16.5. The first-order valence-electron chi connectivity index (χ1n) is 26.1. The summed E-state index contributed by atoms with van der Waals surface area (Å²) in [5, 5.41) is 11.6. The lowest BCUT2D eigenvalue weighted by atomic mass is 10.0. The average molecular weight is 859 g/mol. The molecule has 0 aliphatic rings. The van der Waals surface area contributed by atoms with Crippen molar-refractivity contribution in [2.45, 2.75) is 265 Å². The van der Waals surface area contributed by atoms with E-state index in [0.29, 0.717) is 24.6 Å². The van der Waals surface area contributed by atoms with Crippen LogP contribution in [-0.2, 0) is 19.1 Å². The number of carbonyl (C=O) groups is 2. The van der Waals surface area contributed by atoms with Crippen LogP contribution in [-0.4, -0.2) is 83.7 Å². The van der Waals surface area contributed by atoms with E-state index in [1.54, 1.807) is 13.3 Å². The summed E-state index contributed by atoms with van der Waals surface area (Å²) in [7, 11) is 1.72. The van der Waals surface area contributed by atoms with Gasteiger partial charge in [0.25, 0.3) is 0 Å². The van der Waals surface area contributed by atoms with Gasteiger partial charge in [0.05, 0.1) is 6.21 Å². The molecule has 0 bridgehead atoms. The molecule has 0 spiro atoms. The average Bonchev–Trinajstić information content (AvgIpc) is 3.71. The molecule has 1 aromatic heterocycles. The van der Waals surface area contributed by atoms with Gasteiger partial charge in [0, 0.05) is 26.4 Å². The Bertz CT molecular complexity index is 1130. The Balaban J connectivity index is 2.39. The van der Waals surface area contributed by atoms with Crippen LogP contribution in [0, 0.1) is 0 Å². The topological polar surface area (TPSA) is 122 Å². The van der Waals surface area contributed by atoms with Crippen molar-refractivity contribution in [3.05, 3.63) is 5.82 Å². The van der Waals surface area contributed by atoms with Gasteiger partial charge in [-0.05, 0) is 96.7 Å². The molecular formula is C51H98N6O4. The van der Waals surface area contributed by atoms with Crippen molar-refractivity contribution < 1.29 is 19.1 Å². The highest BCUT2D eigenvalue weighted by molar-refractivity contribution is 5.74. The summed E-state index contributed by atoms with van der Waals surface area (Å²) >= 11 is 0. The Morgan fingerprint density at radius 2 is 0.967 bits per heavy atom. The number of aromatic amines is 1. The third-order valence-corrected chi connectivity index (χ3v) is 12.1. The quantitative estimate of drug-likeness (QED) is 0.0378. The Labute approximate surface area is 376 Å². The number of hydrogen-bond acceptors (Lipinski definition) is 9. The van der Waals surface area contributed by atoms with Crippen LogP contribution >= 0.6 is 0 Å². The lowest BCUT2D eigenvalue weighted by Gasteiger charge is -2.22. The molecule has 2 N–H and O–H groups in total. The van der Waals surface area contributed by atoms with E-state index in [4.69, 9.17) is 9.47 Å². The van der Waals surface area contributed by atoms with Crippen LogP contribution < -0.4 is 5.32 Å². The molecule has 10 heteroatoms. The number of aliphatic imine (C=N–C) groups is 1. The number of unbranched alkanes of at least 4 members (excludes halogenated alkanes) is 23. The molecule has 61 heavy (non-hydrogen) atoms. The second-order valence-corrected chi connectivity index (χ2v) is 17.9. The summed E-state index contributed by atoms with van der Waals surface area (Å²) in [6.07, 6.45) is 42.1. The van der Waals surface area contributed by atoms with Gasteiger partial charge in [0.2, 0.25) is 5.95 Å². The van der Waals surface area contributed by atoms with E-state index >= 15 is 0 Å². The zero-order valence-corrected chi connectivity index (χ0v) is 40.7. The van der Waals surface area contributed by atoms with Crippen molar-refractivity contribution in [1.29, 1.82) is 0 Å². The molecule has 1 rings (SSSR count). The van der Waals surface area contributed by atoms with Crippen LogP contribution in [0.2, 0.25) is 0 Å². The van der Waals surface area contributed by atoms with Gasteiger partial charge in [-0.1, -0.05) is 163 Å². The van der Waals surface area contributed by atoms with Crippen LogP contribution in [0.15, 0.2) is 4.99 Å². The molecule has 1 aromatic rings. The maximum absolute atomic E-state index is 12.9. The standard InChI is InChI=1S/C51H98N6O4/c1-6-10-13-16-21-28-36-46(9-4)60-49(58)39-31-24-19-26-33-42-57(44-35-41-53-51-54-48(45-52-5)55-56-51)43-34-27-20-25-32-40-50(59)61-47(37-29-22-17-14-11-7-2)38-30-23-18-15-12-8-3/h45-47H,6-44H2,1-5H3,(H2,53,54,55,56). The number of H-pyrrole nitrogens is 1. The van der Waals surface area contributed by atoms with E-state index in [9.17, 15) is 9.59 Å². The molecule has 0 fully saturated rings. The van der Waals surface area contributed by atoms with Gasteiger partial charge in [0.1, 0.15) is 12.2 Å². The predicted octanol–water partition coefficient (Wildman–Crippen LogP) is 14.1. The van der Waals surface area contributed by atoms with Crippen molar-refractivity contribution in [3.63, 3.8) is 0 Å². The number of ether oxygens (including phenoxy) is 2. The van der Waals surface area contributed by atoms with E-state index in [-0.39, 0.29) is 24.1 Å². The smallest absolute Gasteiger partial charge is 0.306 e. The van der Waals surface area contributed by atoms with E-state index in [0.717, 1.165) is 103 Å². The van der Waals surface area contributed by atoms with Gasteiger partial charge in [0.15, 0.2) is 5.82 Å². The molecule has 356 valence electrons. The predicted molar refractivity (Wildman–Crippen MR) is 259 cm³/mol. The van der Waals surface area contributed by atoms with Crippen molar-refractivity contribution in [3.8, 4) is 0 Å². The molecule has 0 saturated heterocycles. The van der Waals surface area contributed by atoms with Gasteiger partial charge < -0.3 is 24.7 Å². The van der Waals surface area contributed by atoms with Crippen LogP contribution in [0.4, 0.5) is 5.95 Å². The minimum absolute atomic E-state index is 0.0103. The van der Waals surface area contributed by atoms with Crippen LogP contribution in [0.5, 0.6) is 0 Å². The number of rotatable bonds is 46. The Morgan fingerprint density at radius 1 is 0.557 bits per heavy atom. The van der Waals surface area contributed by atoms with Crippen LogP contribution in [0.3, 0.4) is 0 Å². The minimum Gasteiger partial charge on any atom is -0.462 e. The summed E-state index contributed by atoms with van der Waals surface area (Å²) in [5.41, 5.74) is 0. The molecule has 1 atom stereocenters. The Morgan fingerprint density at radius 3 is 1.44 bits per heavy atom. The summed E-state index contributed by atoms with van der Waals surface area (Å²) in [6.45, 7) is 13.0.